The fourth-order valence-corrected chi connectivity index (χ4v) is 2.87. The average Bonchev–Trinajstić information content (AvgIpc) is 2.38. The largest absolute Gasteiger partial charge is 0.306 e. The van der Waals surface area contributed by atoms with E-state index in [-0.39, 0.29) is 0 Å². The van der Waals surface area contributed by atoms with Crippen LogP contribution in [-0.2, 0) is 6.54 Å². The summed E-state index contributed by atoms with van der Waals surface area (Å²) in [5.41, 5.74) is 5.28. The van der Waals surface area contributed by atoms with Gasteiger partial charge in [0.15, 0.2) is 0 Å². The molecule has 0 radical (unpaired) electrons. The summed E-state index contributed by atoms with van der Waals surface area (Å²) in [6.45, 7) is 7.36. The highest BCUT2D eigenvalue weighted by atomic mass is 79.9. The third-order valence-corrected chi connectivity index (χ3v) is 4.20. The van der Waals surface area contributed by atoms with Crippen LogP contribution in [0.5, 0.6) is 0 Å². The Hall–Kier alpha value is -1.12. The standard InChI is InChI=1S/C17H20BrN/c1-12-8-9-15(17(18)10-12)11-19-14(3)16-7-5-4-6-13(16)2/h4-10,14,19H,11H2,1-3H3/t14-/m0/s1. The summed E-state index contributed by atoms with van der Waals surface area (Å²) in [7, 11) is 0. The molecule has 2 aromatic rings. The molecule has 1 atom stereocenters. The lowest BCUT2D eigenvalue weighted by Gasteiger charge is -2.17. The van der Waals surface area contributed by atoms with E-state index in [0.717, 1.165) is 6.54 Å². The van der Waals surface area contributed by atoms with Gasteiger partial charge in [0, 0.05) is 17.1 Å². The van der Waals surface area contributed by atoms with Crippen LogP contribution in [-0.4, -0.2) is 0 Å². The van der Waals surface area contributed by atoms with Crippen molar-refractivity contribution in [1.29, 1.82) is 0 Å². The molecule has 19 heavy (non-hydrogen) atoms. The van der Waals surface area contributed by atoms with Gasteiger partial charge in [-0.2, -0.15) is 0 Å². The summed E-state index contributed by atoms with van der Waals surface area (Å²) in [5.74, 6) is 0. The number of aryl methyl sites for hydroxylation is 2. The van der Waals surface area contributed by atoms with Gasteiger partial charge >= 0.3 is 0 Å². The first-order valence-electron chi connectivity index (χ1n) is 6.62. The first kappa shape index (κ1) is 14.3. The highest BCUT2D eigenvalue weighted by Gasteiger charge is 2.08. The molecule has 0 heterocycles. The van der Waals surface area contributed by atoms with Crippen LogP contribution in [0, 0.1) is 13.8 Å². The minimum atomic E-state index is 0.356. The van der Waals surface area contributed by atoms with E-state index in [9.17, 15) is 0 Å². The normalized spacial score (nSPS) is 12.4. The summed E-state index contributed by atoms with van der Waals surface area (Å²) >= 11 is 3.63. The van der Waals surface area contributed by atoms with Crippen LogP contribution < -0.4 is 5.32 Å². The predicted octanol–water partition coefficient (Wildman–Crippen LogP) is 4.92. The van der Waals surface area contributed by atoms with Gasteiger partial charge in [0.1, 0.15) is 0 Å². The van der Waals surface area contributed by atoms with E-state index in [2.05, 4.69) is 84.5 Å². The van der Waals surface area contributed by atoms with Crippen molar-refractivity contribution in [1.82, 2.24) is 5.32 Å². The predicted molar refractivity (Wildman–Crippen MR) is 85.3 cm³/mol. The Morgan fingerprint density at radius 3 is 2.53 bits per heavy atom. The Labute approximate surface area is 124 Å². The molecule has 0 aliphatic carbocycles. The van der Waals surface area contributed by atoms with E-state index in [1.165, 1.54) is 26.7 Å². The molecular weight excluding hydrogens is 298 g/mol. The molecule has 1 nitrogen and oxygen atoms in total. The molecule has 0 spiro atoms. The number of benzene rings is 2. The molecular formula is C17H20BrN. The first-order chi connectivity index (χ1) is 9.08. The molecule has 0 aliphatic rings. The van der Waals surface area contributed by atoms with Crippen LogP contribution in [0.1, 0.15) is 35.2 Å². The van der Waals surface area contributed by atoms with E-state index >= 15 is 0 Å². The fraction of sp³-hybridized carbons (Fsp3) is 0.294. The Bertz CT molecular complexity index is 563. The topological polar surface area (TPSA) is 12.0 Å². The lowest BCUT2D eigenvalue weighted by atomic mass is 10.0. The van der Waals surface area contributed by atoms with E-state index in [1.807, 2.05) is 0 Å². The van der Waals surface area contributed by atoms with Gasteiger partial charge in [-0.25, -0.2) is 0 Å². The molecule has 2 heteroatoms. The van der Waals surface area contributed by atoms with Gasteiger partial charge in [-0.1, -0.05) is 52.3 Å². The maximum Gasteiger partial charge on any atom is 0.0297 e. The molecule has 0 amide bonds. The lowest BCUT2D eigenvalue weighted by molar-refractivity contribution is 0.571. The maximum absolute atomic E-state index is 3.63. The molecule has 0 fully saturated rings. The molecule has 2 rings (SSSR count). The highest BCUT2D eigenvalue weighted by Crippen LogP contribution is 2.21. The summed E-state index contributed by atoms with van der Waals surface area (Å²) < 4.78 is 1.18. The van der Waals surface area contributed by atoms with Gasteiger partial charge in [-0.15, -0.1) is 0 Å². The molecule has 0 saturated heterocycles. The van der Waals surface area contributed by atoms with Gasteiger partial charge in [-0.05, 0) is 49.1 Å². The molecule has 0 aliphatic heterocycles. The van der Waals surface area contributed by atoms with Crippen molar-refractivity contribution in [3.8, 4) is 0 Å². The Morgan fingerprint density at radius 1 is 1.11 bits per heavy atom. The SMILES string of the molecule is Cc1ccc(CN[C@@H](C)c2ccccc2C)c(Br)c1. The second kappa shape index (κ2) is 6.36. The monoisotopic (exact) mass is 317 g/mol. The van der Waals surface area contributed by atoms with Crippen molar-refractivity contribution >= 4 is 15.9 Å². The third-order valence-electron chi connectivity index (χ3n) is 3.46. The van der Waals surface area contributed by atoms with Gasteiger partial charge in [0.25, 0.3) is 0 Å². The molecule has 1 N–H and O–H groups in total. The molecule has 2 aromatic carbocycles. The maximum atomic E-state index is 3.63. The number of hydrogen-bond donors (Lipinski definition) is 1. The van der Waals surface area contributed by atoms with Crippen molar-refractivity contribution in [3.63, 3.8) is 0 Å². The second-order valence-corrected chi connectivity index (χ2v) is 5.91. The van der Waals surface area contributed by atoms with Crippen LogP contribution in [0.15, 0.2) is 46.9 Å². The molecule has 100 valence electrons. The summed E-state index contributed by atoms with van der Waals surface area (Å²) in [6, 6.07) is 15.4. The van der Waals surface area contributed by atoms with Crippen molar-refractivity contribution < 1.29 is 0 Å². The minimum Gasteiger partial charge on any atom is -0.306 e. The minimum absolute atomic E-state index is 0.356. The van der Waals surface area contributed by atoms with Crippen molar-refractivity contribution in [3.05, 3.63) is 69.2 Å². The van der Waals surface area contributed by atoms with Crippen molar-refractivity contribution in [2.45, 2.75) is 33.4 Å². The molecule has 0 aromatic heterocycles. The van der Waals surface area contributed by atoms with E-state index in [1.54, 1.807) is 0 Å². The number of nitrogens with one attached hydrogen (secondary N) is 1. The van der Waals surface area contributed by atoms with Gasteiger partial charge in [-0.3, -0.25) is 0 Å². The van der Waals surface area contributed by atoms with Crippen LogP contribution in [0.3, 0.4) is 0 Å². The van der Waals surface area contributed by atoms with Crippen LogP contribution >= 0.6 is 15.9 Å². The first-order valence-corrected chi connectivity index (χ1v) is 7.41. The van der Waals surface area contributed by atoms with E-state index in [4.69, 9.17) is 0 Å². The Morgan fingerprint density at radius 2 is 1.84 bits per heavy atom. The van der Waals surface area contributed by atoms with Crippen molar-refractivity contribution in [2.75, 3.05) is 0 Å². The zero-order valence-corrected chi connectivity index (χ0v) is 13.3. The Kier molecular flexibility index (Phi) is 4.78. The van der Waals surface area contributed by atoms with Gasteiger partial charge in [0.05, 0.1) is 0 Å². The smallest absolute Gasteiger partial charge is 0.0297 e. The number of hydrogen-bond acceptors (Lipinski definition) is 1. The highest BCUT2D eigenvalue weighted by molar-refractivity contribution is 9.10. The number of rotatable bonds is 4. The van der Waals surface area contributed by atoms with E-state index in [0.29, 0.717) is 6.04 Å². The van der Waals surface area contributed by atoms with Crippen molar-refractivity contribution in [2.24, 2.45) is 0 Å². The molecule has 0 bridgehead atoms. The molecule has 0 saturated carbocycles. The summed E-state index contributed by atoms with van der Waals surface area (Å²) in [6.07, 6.45) is 0. The quantitative estimate of drug-likeness (QED) is 0.844. The van der Waals surface area contributed by atoms with Crippen LogP contribution in [0.2, 0.25) is 0 Å². The van der Waals surface area contributed by atoms with E-state index < -0.39 is 0 Å². The van der Waals surface area contributed by atoms with Gasteiger partial charge < -0.3 is 5.32 Å². The fourth-order valence-electron chi connectivity index (χ4n) is 2.24. The average molecular weight is 318 g/mol. The summed E-state index contributed by atoms with van der Waals surface area (Å²) in [4.78, 5) is 0. The zero-order chi connectivity index (χ0) is 13.8. The second-order valence-electron chi connectivity index (χ2n) is 5.05. The zero-order valence-electron chi connectivity index (χ0n) is 11.7. The van der Waals surface area contributed by atoms with Crippen LogP contribution in [0.25, 0.3) is 0 Å². The van der Waals surface area contributed by atoms with Gasteiger partial charge in [0.2, 0.25) is 0 Å². The third kappa shape index (κ3) is 3.68. The molecule has 0 unspecified atom stereocenters. The summed E-state index contributed by atoms with van der Waals surface area (Å²) in [5, 5.41) is 3.59. The Balaban J connectivity index is 2.04. The van der Waals surface area contributed by atoms with Crippen LogP contribution in [0.4, 0.5) is 0 Å². The number of halogens is 1. The lowest BCUT2D eigenvalue weighted by Crippen LogP contribution is -2.19.